The lowest BCUT2D eigenvalue weighted by Crippen LogP contribution is -2.15. The third-order valence-corrected chi connectivity index (χ3v) is 3.22. The van der Waals surface area contributed by atoms with Gasteiger partial charge in [0.1, 0.15) is 12.4 Å². The topological polar surface area (TPSA) is 72.2 Å². The van der Waals surface area contributed by atoms with Crippen LogP contribution in [0.15, 0.2) is 28.7 Å². The van der Waals surface area contributed by atoms with E-state index in [0.717, 1.165) is 10.2 Å². The van der Waals surface area contributed by atoms with Crippen LogP contribution in [-0.4, -0.2) is 66.0 Å². The molecule has 0 saturated heterocycles. The average molecular weight is 392 g/mol. The Morgan fingerprint density at radius 1 is 0.652 bits per heavy atom. The van der Waals surface area contributed by atoms with Crippen LogP contribution in [0.1, 0.15) is 0 Å². The number of hydrogen-bond acceptors (Lipinski definition) is 6. The van der Waals surface area contributed by atoms with E-state index in [9.17, 15) is 0 Å². The van der Waals surface area contributed by atoms with Crippen molar-refractivity contribution in [2.45, 2.75) is 0 Å². The molecule has 0 unspecified atom stereocenters. The first-order valence-corrected chi connectivity index (χ1v) is 8.51. The third-order valence-electron chi connectivity index (χ3n) is 2.69. The Labute approximate surface area is 146 Å². The standard InChI is InChI=1S/C16H26BrNO5/c17-15-1-3-16(4-2-15)23-14-13-22-12-11-21-10-9-20-8-7-19-6-5-18/h1-4H,5-14,18H2. The van der Waals surface area contributed by atoms with E-state index in [-0.39, 0.29) is 0 Å². The predicted molar refractivity (Wildman–Crippen MR) is 92.0 cm³/mol. The summed E-state index contributed by atoms with van der Waals surface area (Å²) in [5, 5.41) is 0. The quantitative estimate of drug-likeness (QED) is 0.460. The monoisotopic (exact) mass is 391 g/mol. The molecule has 0 fully saturated rings. The van der Waals surface area contributed by atoms with Gasteiger partial charge in [0.25, 0.3) is 0 Å². The molecular formula is C16H26BrNO5. The van der Waals surface area contributed by atoms with E-state index in [2.05, 4.69) is 15.9 Å². The molecule has 0 aliphatic rings. The molecule has 2 N–H and O–H groups in total. The first-order chi connectivity index (χ1) is 11.3. The number of rotatable bonds is 15. The Morgan fingerprint density at radius 2 is 1.09 bits per heavy atom. The molecule has 132 valence electrons. The molecule has 0 amide bonds. The molecule has 1 rings (SSSR count). The zero-order valence-electron chi connectivity index (χ0n) is 13.4. The highest BCUT2D eigenvalue weighted by atomic mass is 79.9. The van der Waals surface area contributed by atoms with Gasteiger partial charge in [0.15, 0.2) is 0 Å². The highest BCUT2D eigenvalue weighted by Gasteiger charge is 1.95. The van der Waals surface area contributed by atoms with Crippen LogP contribution in [0.25, 0.3) is 0 Å². The summed E-state index contributed by atoms with van der Waals surface area (Å²) in [7, 11) is 0. The summed E-state index contributed by atoms with van der Waals surface area (Å²) >= 11 is 3.38. The van der Waals surface area contributed by atoms with Crippen LogP contribution in [-0.2, 0) is 18.9 Å². The van der Waals surface area contributed by atoms with Crippen LogP contribution in [0.3, 0.4) is 0 Å². The lowest BCUT2D eigenvalue weighted by Gasteiger charge is -2.08. The van der Waals surface area contributed by atoms with Crippen molar-refractivity contribution in [2.24, 2.45) is 5.73 Å². The van der Waals surface area contributed by atoms with E-state index < -0.39 is 0 Å². The Balaban J connectivity index is 1.77. The fourth-order valence-corrected chi connectivity index (χ4v) is 1.86. The van der Waals surface area contributed by atoms with E-state index in [1.54, 1.807) is 0 Å². The van der Waals surface area contributed by atoms with Gasteiger partial charge in [-0.05, 0) is 24.3 Å². The van der Waals surface area contributed by atoms with Crippen LogP contribution >= 0.6 is 15.9 Å². The van der Waals surface area contributed by atoms with Crippen molar-refractivity contribution in [1.29, 1.82) is 0 Å². The molecular weight excluding hydrogens is 366 g/mol. The van der Waals surface area contributed by atoms with E-state index in [4.69, 9.17) is 29.4 Å². The van der Waals surface area contributed by atoms with E-state index in [0.29, 0.717) is 66.0 Å². The second-order valence-corrected chi connectivity index (χ2v) is 5.46. The van der Waals surface area contributed by atoms with Gasteiger partial charge in [-0.3, -0.25) is 0 Å². The summed E-state index contributed by atoms with van der Waals surface area (Å²) in [5.41, 5.74) is 5.30. The van der Waals surface area contributed by atoms with E-state index in [1.165, 1.54) is 0 Å². The second-order valence-electron chi connectivity index (χ2n) is 4.54. The van der Waals surface area contributed by atoms with Crippen LogP contribution in [0.2, 0.25) is 0 Å². The van der Waals surface area contributed by atoms with Crippen molar-refractivity contribution in [3.8, 4) is 5.75 Å². The van der Waals surface area contributed by atoms with E-state index in [1.807, 2.05) is 24.3 Å². The zero-order chi connectivity index (χ0) is 16.6. The van der Waals surface area contributed by atoms with Crippen molar-refractivity contribution in [3.05, 3.63) is 28.7 Å². The van der Waals surface area contributed by atoms with Crippen LogP contribution in [0.5, 0.6) is 5.75 Å². The molecule has 0 heterocycles. The van der Waals surface area contributed by atoms with Crippen molar-refractivity contribution in [2.75, 3.05) is 66.0 Å². The number of hydrogen-bond donors (Lipinski definition) is 1. The second kappa shape index (κ2) is 14.9. The third kappa shape index (κ3) is 12.4. The molecule has 23 heavy (non-hydrogen) atoms. The zero-order valence-corrected chi connectivity index (χ0v) is 15.0. The lowest BCUT2D eigenvalue weighted by molar-refractivity contribution is -0.00386. The van der Waals surface area contributed by atoms with Crippen molar-refractivity contribution < 1.29 is 23.7 Å². The Hall–Kier alpha value is -0.700. The molecule has 0 spiro atoms. The maximum Gasteiger partial charge on any atom is 0.119 e. The van der Waals surface area contributed by atoms with E-state index >= 15 is 0 Å². The molecule has 0 atom stereocenters. The van der Waals surface area contributed by atoms with Gasteiger partial charge >= 0.3 is 0 Å². The smallest absolute Gasteiger partial charge is 0.119 e. The molecule has 0 bridgehead atoms. The largest absolute Gasteiger partial charge is 0.491 e. The molecule has 1 aromatic rings. The fourth-order valence-electron chi connectivity index (χ4n) is 1.59. The van der Waals surface area contributed by atoms with Gasteiger partial charge in [0.05, 0.1) is 52.9 Å². The summed E-state index contributed by atoms with van der Waals surface area (Å²) in [6.07, 6.45) is 0. The van der Waals surface area contributed by atoms with Crippen molar-refractivity contribution in [3.63, 3.8) is 0 Å². The molecule has 7 heteroatoms. The number of nitrogens with two attached hydrogens (primary N) is 1. The summed E-state index contributed by atoms with van der Waals surface area (Å²) in [6.45, 7) is 5.50. The van der Waals surface area contributed by atoms with Gasteiger partial charge in [-0.1, -0.05) is 15.9 Å². The van der Waals surface area contributed by atoms with Gasteiger partial charge < -0.3 is 29.4 Å². The molecule has 1 aromatic carbocycles. The Bertz CT molecular complexity index is 377. The number of ether oxygens (including phenoxy) is 5. The Morgan fingerprint density at radius 3 is 1.57 bits per heavy atom. The fraction of sp³-hybridized carbons (Fsp3) is 0.625. The summed E-state index contributed by atoms with van der Waals surface area (Å²) in [4.78, 5) is 0. The first-order valence-electron chi connectivity index (χ1n) is 7.72. The number of benzene rings is 1. The lowest BCUT2D eigenvalue weighted by atomic mass is 10.3. The highest BCUT2D eigenvalue weighted by molar-refractivity contribution is 9.10. The normalized spacial score (nSPS) is 10.9. The van der Waals surface area contributed by atoms with Gasteiger partial charge in [-0.2, -0.15) is 0 Å². The minimum absolute atomic E-state index is 0.521. The first kappa shape index (κ1) is 20.3. The van der Waals surface area contributed by atoms with Crippen molar-refractivity contribution >= 4 is 15.9 Å². The van der Waals surface area contributed by atoms with Gasteiger partial charge in [0.2, 0.25) is 0 Å². The van der Waals surface area contributed by atoms with Gasteiger partial charge in [0, 0.05) is 11.0 Å². The maximum atomic E-state index is 5.53. The molecule has 0 aliphatic carbocycles. The average Bonchev–Trinajstić information content (AvgIpc) is 2.57. The SMILES string of the molecule is NCCOCCOCCOCCOCCOc1ccc(Br)cc1. The maximum absolute atomic E-state index is 5.53. The highest BCUT2D eigenvalue weighted by Crippen LogP contribution is 2.15. The summed E-state index contributed by atoms with van der Waals surface area (Å²) < 4.78 is 27.9. The molecule has 6 nitrogen and oxygen atoms in total. The minimum Gasteiger partial charge on any atom is -0.491 e. The summed E-state index contributed by atoms with van der Waals surface area (Å²) in [5.74, 6) is 0.834. The molecule has 0 aliphatic heterocycles. The Kier molecular flexibility index (Phi) is 13.1. The van der Waals surface area contributed by atoms with Gasteiger partial charge in [-0.25, -0.2) is 0 Å². The van der Waals surface area contributed by atoms with Crippen LogP contribution < -0.4 is 10.5 Å². The minimum atomic E-state index is 0.521. The van der Waals surface area contributed by atoms with Crippen LogP contribution in [0.4, 0.5) is 0 Å². The molecule has 0 radical (unpaired) electrons. The molecule has 0 saturated carbocycles. The van der Waals surface area contributed by atoms with Crippen LogP contribution in [0, 0.1) is 0 Å². The van der Waals surface area contributed by atoms with Crippen molar-refractivity contribution in [1.82, 2.24) is 0 Å². The number of halogens is 1. The summed E-state index contributed by atoms with van der Waals surface area (Å²) in [6, 6.07) is 7.70. The van der Waals surface area contributed by atoms with Gasteiger partial charge in [-0.15, -0.1) is 0 Å². The molecule has 0 aromatic heterocycles. The predicted octanol–water partition coefficient (Wildman–Crippen LogP) is 1.85.